The molecule has 7 nitrogen and oxygen atoms in total. The number of guanidine groups is 1. The van der Waals surface area contributed by atoms with E-state index in [1.54, 1.807) is 6.26 Å². The Morgan fingerprint density at radius 2 is 1.72 bits per heavy atom. The van der Waals surface area contributed by atoms with E-state index in [-0.39, 0.29) is 21.6 Å². The molecule has 5 rings (SSSR count). The quantitative estimate of drug-likeness (QED) is 0.563. The zero-order valence-electron chi connectivity index (χ0n) is 16.3. The lowest BCUT2D eigenvalue weighted by Crippen LogP contribution is -2.50. The van der Waals surface area contributed by atoms with Crippen molar-refractivity contribution in [2.75, 3.05) is 6.26 Å². The number of hydrogen-bond acceptors (Lipinski definition) is 5. The lowest BCUT2D eigenvalue weighted by Gasteiger charge is -2.54. The van der Waals surface area contributed by atoms with E-state index in [9.17, 15) is 8.42 Å². The number of nitrogens with two attached hydrogens (primary N) is 1. The van der Waals surface area contributed by atoms with Crippen molar-refractivity contribution in [3.8, 4) is 6.07 Å². The number of nitrogens with zero attached hydrogens (tertiary/aromatic N) is 3. The van der Waals surface area contributed by atoms with Crippen LogP contribution in [0, 0.1) is 29.1 Å². The molecule has 0 spiro atoms. The highest BCUT2D eigenvalue weighted by Gasteiger charge is 2.51. The molecule has 4 saturated carbocycles. The SMILES string of the molecule is CSC(N)=NC(=NC12CC3CC(CC(C3)C1)C2)NS(=O)(=O)c1ccc(C#N)cc1. The van der Waals surface area contributed by atoms with Gasteiger partial charge < -0.3 is 5.73 Å². The lowest BCUT2D eigenvalue weighted by atomic mass is 9.53. The summed E-state index contributed by atoms with van der Waals surface area (Å²) in [5, 5.41) is 9.18. The van der Waals surface area contributed by atoms with Crippen molar-refractivity contribution in [2.24, 2.45) is 33.5 Å². The number of aliphatic imine (C=N–C) groups is 2. The summed E-state index contributed by atoms with van der Waals surface area (Å²) in [4.78, 5) is 9.24. The Labute approximate surface area is 175 Å². The Kier molecular flexibility index (Phi) is 5.34. The molecule has 4 aliphatic rings. The van der Waals surface area contributed by atoms with Crippen LogP contribution in [-0.2, 0) is 10.0 Å². The van der Waals surface area contributed by atoms with Crippen LogP contribution in [0.3, 0.4) is 0 Å². The van der Waals surface area contributed by atoms with E-state index in [0.717, 1.165) is 19.3 Å². The second kappa shape index (κ2) is 7.65. The molecule has 0 heterocycles. The molecule has 1 aromatic carbocycles. The second-order valence-corrected chi connectivity index (χ2v) is 11.0. The third-order valence-electron chi connectivity index (χ3n) is 6.29. The molecule has 9 heteroatoms. The number of benzene rings is 1. The molecule has 0 atom stereocenters. The third-order valence-corrected chi connectivity index (χ3v) is 8.15. The summed E-state index contributed by atoms with van der Waals surface area (Å²) in [6.45, 7) is 0. The predicted octanol–water partition coefficient (Wildman–Crippen LogP) is 2.84. The van der Waals surface area contributed by atoms with E-state index in [4.69, 9.17) is 16.0 Å². The minimum atomic E-state index is -3.88. The fraction of sp³-hybridized carbons (Fsp3) is 0.550. The molecule has 0 radical (unpaired) electrons. The molecule has 1 aromatic rings. The minimum absolute atomic E-state index is 0.0585. The Bertz CT molecular complexity index is 957. The van der Waals surface area contributed by atoms with E-state index in [0.29, 0.717) is 23.3 Å². The summed E-state index contributed by atoms with van der Waals surface area (Å²) >= 11 is 1.25. The van der Waals surface area contributed by atoms with Crippen LogP contribution >= 0.6 is 11.8 Å². The zero-order valence-corrected chi connectivity index (χ0v) is 18.0. The van der Waals surface area contributed by atoms with Gasteiger partial charge in [-0.05, 0) is 86.8 Å². The van der Waals surface area contributed by atoms with Crippen molar-refractivity contribution in [1.82, 2.24) is 4.72 Å². The number of rotatable bonds is 3. The predicted molar refractivity (Wildman–Crippen MR) is 115 cm³/mol. The van der Waals surface area contributed by atoms with Crippen LogP contribution in [0.1, 0.15) is 44.1 Å². The van der Waals surface area contributed by atoms with Crippen LogP contribution in [-0.4, -0.2) is 31.3 Å². The van der Waals surface area contributed by atoms with Gasteiger partial charge in [0.1, 0.15) is 0 Å². The fourth-order valence-corrected chi connectivity index (χ4v) is 6.66. The number of thioether (sulfide) groups is 1. The van der Waals surface area contributed by atoms with Gasteiger partial charge in [-0.2, -0.15) is 10.3 Å². The van der Waals surface area contributed by atoms with E-state index < -0.39 is 10.0 Å². The normalized spacial score (nSPS) is 31.5. The molecule has 4 aliphatic carbocycles. The summed E-state index contributed by atoms with van der Waals surface area (Å²) in [5.74, 6) is 2.11. The van der Waals surface area contributed by atoms with Gasteiger partial charge in [0, 0.05) is 0 Å². The van der Waals surface area contributed by atoms with Crippen LogP contribution in [0.5, 0.6) is 0 Å². The van der Waals surface area contributed by atoms with Crippen molar-refractivity contribution < 1.29 is 8.42 Å². The van der Waals surface area contributed by atoms with Crippen molar-refractivity contribution in [3.05, 3.63) is 29.8 Å². The monoisotopic (exact) mass is 431 g/mol. The van der Waals surface area contributed by atoms with E-state index in [1.165, 1.54) is 55.3 Å². The number of nitrogens with one attached hydrogen (secondary N) is 1. The maximum Gasteiger partial charge on any atom is 0.264 e. The highest BCUT2D eigenvalue weighted by molar-refractivity contribution is 8.13. The molecule has 3 N–H and O–H groups in total. The molecule has 0 unspecified atom stereocenters. The maximum absolute atomic E-state index is 12.9. The fourth-order valence-electron chi connectivity index (χ4n) is 5.53. The van der Waals surface area contributed by atoms with Gasteiger partial charge in [-0.15, -0.1) is 0 Å². The van der Waals surface area contributed by atoms with Gasteiger partial charge in [-0.3, -0.25) is 0 Å². The van der Waals surface area contributed by atoms with Crippen LogP contribution in [0.15, 0.2) is 39.1 Å². The standard InChI is InChI=1S/C20H25N5O2S2/c1-28-18(22)23-19(25-29(26,27)17-4-2-13(12-21)3-5-17)24-20-9-14-6-15(10-20)8-16(7-14)11-20/h2-5,14-16H,6-11H2,1H3,(H3,22,23,24,25). The number of nitriles is 1. The first-order valence-corrected chi connectivity index (χ1v) is 12.5. The summed E-state index contributed by atoms with van der Waals surface area (Å²) < 4.78 is 28.4. The first-order chi connectivity index (χ1) is 13.8. The number of hydrogen-bond donors (Lipinski definition) is 2. The van der Waals surface area contributed by atoms with E-state index in [1.807, 2.05) is 6.07 Å². The first-order valence-electron chi connectivity index (χ1n) is 9.82. The van der Waals surface area contributed by atoms with Crippen molar-refractivity contribution in [2.45, 2.75) is 49.0 Å². The van der Waals surface area contributed by atoms with Crippen LogP contribution in [0.2, 0.25) is 0 Å². The molecule has 0 aliphatic heterocycles. The highest BCUT2D eigenvalue weighted by atomic mass is 32.2. The number of sulfonamides is 1. The number of amidine groups is 1. The molecule has 154 valence electrons. The third kappa shape index (κ3) is 4.28. The van der Waals surface area contributed by atoms with Gasteiger partial charge >= 0.3 is 0 Å². The van der Waals surface area contributed by atoms with Crippen LogP contribution < -0.4 is 10.5 Å². The maximum atomic E-state index is 12.9. The van der Waals surface area contributed by atoms with E-state index >= 15 is 0 Å². The molecule has 0 amide bonds. The Morgan fingerprint density at radius 1 is 1.17 bits per heavy atom. The summed E-state index contributed by atoms with van der Waals surface area (Å²) in [6, 6.07) is 7.75. The van der Waals surface area contributed by atoms with Gasteiger partial charge in [-0.1, -0.05) is 11.8 Å². The minimum Gasteiger partial charge on any atom is -0.378 e. The van der Waals surface area contributed by atoms with Crippen LogP contribution in [0.4, 0.5) is 0 Å². The van der Waals surface area contributed by atoms with Gasteiger partial charge in [0.25, 0.3) is 10.0 Å². The van der Waals surface area contributed by atoms with Crippen molar-refractivity contribution >= 4 is 32.9 Å². The molecular formula is C20H25N5O2S2. The van der Waals surface area contributed by atoms with Gasteiger partial charge in [-0.25, -0.2) is 18.1 Å². The second-order valence-electron chi connectivity index (χ2n) is 8.47. The molecule has 0 saturated heterocycles. The molecular weight excluding hydrogens is 406 g/mol. The Hall–Kier alpha value is -2.05. The lowest BCUT2D eigenvalue weighted by molar-refractivity contribution is 0.00154. The first kappa shape index (κ1) is 20.2. The van der Waals surface area contributed by atoms with Gasteiger partial charge in [0.05, 0.1) is 22.1 Å². The van der Waals surface area contributed by atoms with Gasteiger partial charge in [0.2, 0.25) is 5.96 Å². The Balaban J connectivity index is 1.65. The molecule has 4 bridgehead atoms. The average Bonchev–Trinajstić information content (AvgIpc) is 2.66. The smallest absolute Gasteiger partial charge is 0.264 e. The van der Waals surface area contributed by atoms with Gasteiger partial charge in [0.15, 0.2) is 5.17 Å². The van der Waals surface area contributed by atoms with Crippen LogP contribution in [0.25, 0.3) is 0 Å². The topological polar surface area (TPSA) is 121 Å². The molecule has 29 heavy (non-hydrogen) atoms. The van der Waals surface area contributed by atoms with Crippen molar-refractivity contribution in [1.29, 1.82) is 5.26 Å². The largest absolute Gasteiger partial charge is 0.378 e. The Morgan fingerprint density at radius 3 is 2.21 bits per heavy atom. The zero-order chi connectivity index (χ0) is 20.6. The summed E-state index contributed by atoms with van der Waals surface area (Å²) in [7, 11) is -3.88. The average molecular weight is 432 g/mol. The molecule has 0 aromatic heterocycles. The summed E-state index contributed by atoms with van der Waals surface area (Å²) in [6.07, 6.45) is 8.60. The van der Waals surface area contributed by atoms with Crippen molar-refractivity contribution in [3.63, 3.8) is 0 Å². The van der Waals surface area contributed by atoms with E-state index in [2.05, 4.69) is 9.71 Å². The molecule has 4 fully saturated rings. The summed E-state index contributed by atoms with van der Waals surface area (Å²) in [5.41, 5.74) is 6.06. The highest BCUT2D eigenvalue weighted by Crippen LogP contribution is 2.57.